The average Bonchev–Trinajstić information content (AvgIpc) is 2.09. The van der Waals surface area contributed by atoms with Gasteiger partial charge in [-0.1, -0.05) is 0 Å². The predicted molar refractivity (Wildman–Crippen MR) is 46.1 cm³/mol. The molecule has 70 valence electrons. The van der Waals surface area contributed by atoms with Crippen molar-refractivity contribution in [2.45, 2.75) is 6.42 Å². The van der Waals surface area contributed by atoms with Gasteiger partial charge in [0.2, 0.25) is 0 Å². The summed E-state index contributed by atoms with van der Waals surface area (Å²) in [6.07, 6.45) is 0.0837. The predicted octanol–water partition coefficient (Wildman–Crippen LogP) is 1.06. The Balaban J connectivity index is 2.99. The first-order valence-corrected chi connectivity index (χ1v) is 3.87. The smallest absolute Gasteiger partial charge is 0.167 e. The van der Waals surface area contributed by atoms with Gasteiger partial charge in [-0.3, -0.25) is 4.79 Å². The van der Waals surface area contributed by atoms with E-state index in [0.29, 0.717) is 0 Å². The molecule has 0 spiro atoms. The minimum absolute atomic E-state index is 0.0837. The van der Waals surface area contributed by atoms with E-state index in [4.69, 9.17) is 10.8 Å². The van der Waals surface area contributed by atoms with Gasteiger partial charge in [0.05, 0.1) is 5.56 Å². The lowest BCUT2D eigenvalue weighted by Gasteiger charge is -2.01. The topological polar surface area (TPSA) is 63.3 Å². The number of hydrogen-bond donors (Lipinski definition) is 2. The molecule has 4 heteroatoms. The van der Waals surface area contributed by atoms with Crippen molar-refractivity contribution in [1.29, 1.82) is 0 Å². The van der Waals surface area contributed by atoms with E-state index in [2.05, 4.69) is 0 Å². The molecule has 1 rings (SSSR count). The van der Waals surface area contributed by atoms with E-state index in [1.807, 2.05) is 0 Å². The molecule has 1 aromatic carbocycles. The first kappa shape index (κ1) is 9.67. The van der Waals surface area contributed by atoms with Crippen LogP contribution in [0.3, 0.4) is 0 Å². The van der Waals surface area contributed by atoms with Crippen LogP contribution < -0.4 is 5.73 Å². The first-order valence-electron chi connectivity index (χ1n) is 3.87. The number of phenolic OH excluding ortho intramolecular Hbond substituents is 1. The van der Waals surface area contributed by atoms with E-state index in [1.165, 1.54) is 6.07 Å². The summed E-state index contributed by atoms with van der Waals surface area (Å²) >= 11 is 0. The number of rotatable bonds is 3. The Morgan fingerprint density at radius 2 is 2.23 bits per heavy atom. The SMILES string of the molecule is NCCC(=O)c1cc(O)ccc1F. The van der Waals surface area contributed by atoms with Crippen LogP contribution in [-0.4, -0.2) is 17.4 Å². The number of carbonyl (C=O) groups excluding carboxylic acids is 1. The molecule has 0 radical (unpaired) electrons. The maximum absolute atomic E-state index is 13.0. The van der Waals surface area contributed by atoms with E-state index in [-0.39, 0.29) is 24.3 Å². The minimum Gasteiger partial charge on any atom is -0.508 e. The number of hydrogen-bond acceptors (Lipinski definition) is 3. The van der Waals surface area contributed by atoms with E-state index >= 15 is 0 Å². The van der Waals surface area contributed by atoms with Gasteiger partial charge < -0.3 is 10.8 Å². The van der Waals surface area contributed by atoms with Crippen molar-refractivity contribution >= 4 is 5.78 Å². The molecule has 0 aliphatic heterocycles. The highest BCUT2D eigenvalue weighted by atomic mass is 19.1. The third kappa shape index (κ3) is 2.26. The van der Waals surface area contributed by atoms with Gasteiger partial charge in [-0.05, 0) is 24.7 Å². The molecule has 0 atom stereocenters. The summed E-state index contributed by atoms with van der Waals surface area (Å²) in [5.41, 5.74) is 5.04. The summed E-state index contributed by atoms with van der Waals surface area (Å²) in [7, 11) is 0. The van der Waals surface area contributed by atoms with Gasteiger partial charge in [0.1, 0.15) is 11.6 Å². The molecule has 3 N–H and O–H groups in total. The molecule has 13 heavy (non-hydrogen) atoms. The number of carbonyl (C=O) groups is 1. The molecule has 0 aliphatic carbocycles. The zero-order valence-corrected chi connectivity index (χ0v) is 6.96. The quantitative estimate of drug-likeness (QED) is 0.689. The van der Waals surface area contributed by atoms with Crippen LogP contribution in [0.2, 0.25) is 0 Å². The Kier molecular flexibility index (Phi) is 2.97. The molecular weight excluding hydrogens is 173 g/mol. The number of halogens is 1. The van der Waals surface area contributed by atoms with E-state index in [0.717, 1.165) is 12.1 Å². The van der Waals surface area contributed by atoms with Crippen LogP contribution in [-0.2, 0) is 0 Å². The number of benzene rings is 1. The van der Waals surface area contributed by atoms with Crippen molar-refractivity contribution in [2.75, 3.05) is 6.54 Å². The van der Waals surface area contributed by atoms with Crippen LogP contribution in [0.15, 0.2) is 18.2 Å². The molecule has 3 nitrogen and oxygen atoms in total. The summed E-state index contributed by atoms with van der Waals surface area (Å²) in [4.78, 5) is 11.2. The fraction of sp³-hybridized carbons (Fsp3) is 0.222. The molecule has 0 aliphatic rings. The lowest BCUT2D eigenvalue weighted by atomic mass is 10.1. The van der Waals surface area contributed by atoms with Crippen LogP contribution in [0, 0.1) is 5.82 Å². The molecular formula is C9H10FNO2. The third-order valence-corrected chi connectivity index (χ3v) is 1.62. The van der Waals surface area contributed by atoms with Gasteiger partial charge in [-0.25, -0.2) is 4.39 Å². The standard InChI is InChI=1S/C9H10FNO2/c10-8-2-1-6(12)5-7(8)9(13)3-4-11/h1-2,5,12H,3-4,11H2. The lowest BCUT2D eigenvalue weighted by molar-refractivity contribution is 0.0981. The molecule has 0 saturated carbocycles. The Bertz CT molecular complexity index is 325. The van der Waals surface area contributed by atoms with Crippen molar-refractivity contribution in [3.63, 3.8) is 0 Å². The van der Waals surface area contributed by atoms with Crippen molar-refractivity contribution < 1.29 is 14.3 Å². The highest BCUT2D eigenvalue weighted by Crippen LogP contribution is 2.16. The molecule has 1 aromatic rings. The summed E-state index contributed by atoms with van der Waals surface area (Å²) in [6.45, 7) is 0.175. The summed E-state index contributed by atoms with van der Waals surface area (Å²) < 4.78 is 13.0. The second kappa shape index (κ2) is 4.00. The van der Waals surface area contributed by atoms with Crippen LogP contribution in [0.5, 0.6) is 5.75 Å². The largest absolute Gasteiger partial charge is 0.508 e. The number of nitrogens with two attached hydrogens (primary N) is 1. The molecule has 0 aromatic heterocycles. The molecule has 0 heterocycles. The third-order valence-electron chi connectivity index (χ3n) is 1.62. The van der Waals surface area contributed by atoms with Crippen molar-refractivity contribution in [3.8, 4) is 5.75 Å². The maximum atomic E-state index is 13.0. The Labute approximate surface area is 75.0 Å². The monoisotopic (exact) mass is 183 g/mol. The maximum Gasteiger partial charge on any atom is 0.167 e. The van der Waals surface area contributed by atoms with E-state index in [1.54, 1.807) is 0 Å². The first-order chi connectivity index (χ1) is 6.15. The average molecular weight is 183 g/mol. The zero-order chi connectivity index (χ0) is 9.84. The second-order valence-corrected chi connectivity index (χ2v) is 2.63. The fourth-order valence-electron chi connectivity index (χ4n) is 0.993. The van der Waals surface area contributed by atoms with E-state index < -0.39 is 11.6 Å². The molecule has 0 amide bonds. The van der Waals surface area contributed by atoms with Gasteiger partial charge >= 0.3 is 0 Å². The zero-order valence-electron chi connectivity index (χ0n) is 6.96. The summed E-state index contributed by atoms with van der Waals surface area (Å²) in [5, 5.41) is 9.00. The van der Waals surface area contributed by atoms with E-state index in [9.17, 15) is 9.18 Å². The normalized spacial score (nSPS) is 10.0. The minimum atomic E-state index is -0.628. The van der Waals surface area contributed by atoms with Crippen LogP contribution in [0.4, 0.5) is 4.39 Å². The Morgan fingerprint density at radius 1 is 1.54 bits per heavy atom. The number of Topliss-reactive ketones (excluding diaryl/α,β-unsaturated/α-hetero) is 1. The van der Waals surface area contributed by atoms with Gasteiger partial charge in [-0.15, -0.1) is 0 Å². The van der Waals surface area contributed by atoms with Gasteiger partial charge in [0.15, 0.2) is 5.78 Å². The number of phenols is 1. The molecule has 0 bridgehead atoms. The molecule has 0 saturated heterocycles. The Hall–Kier alpha value is -1.42. The van der Waals surface area contributed by atoms with Crippen molar-refractivity contribution in [3.05, 3.63) is 29.6 Å². The second-order valence-electron chi connectivity index (χ2n) is 2.63. The summed E-state index contributed by atoms with van der Waals surface area (Å²) in [6, 6.07) is 3.35. The van der Waals surface area contributed by atoms with Gasteiger partial charge in [-0.2, -0.15) is 0 Å². The van der Waals surface area contributed by atoms with Gasteiger partial charge in [0, 0.05) is 6.42 Å². The lowest BCUT2D eigenvalue weighted by Crippen LogP contribution is -2.09. The molecule has 0 fully saturated rings. The van der Waals surface area contributed by atoms with Crippen molar-refractivity contribution in [1.82, 2.24) is 0 Å². The Morgan fingerprint density at radius 3 is 2.85 bits per heavy atom. The highest BCUT2D eigenvalue weighted by Gasteiger charge is 2.10. The number of aromatic hydroxyl groups is 1. The number of ketones is 1. The highest BCUT2D eigenvalue weighted by molar-refractivity contribution is 5.96. The summed E-state index contributed by atoms with van der Waals surface area (Å²) in [5.74, 6) is -1.14. The van der Waals surface area contributed by atoms with Crippen LogP contribution >= 0.6 is 0 Å². The van der Waals surface area contributed by atoms with Gasteiger partial charge in [0.25, 0.3) is 0 Å². The van der Waals surface area contributed by atoms with Crippen LogP contribution in [0.25, 0.3) is 0 Å². The van der Waals surface area contributed by atoms with Crippen molar-refractivity contribution in [2.24, 2.45) is 5.73 Å². The molecule has 0 unspecified atom stereocenters. The van der Waals surface area contributed by atoms with Crippen LogP contribution in [0.1, 0.15) is 16.8 Å². The fourth-order valence-corrected chi connectivity index (χ4v) is 0.993.